The second-order valence-electron chi connectivity index (χ2n) is 3.32. The highest BCUT2D eigenvalue weighted by atomic mass is 31.2. The molecule has 0 amide bonds. The Labute approximate surface area is 100 Å². The molecule has 2 aromatic rings. The molecule has 0 bridgehead atoms. The topological polar surface area (TPSA) is 124 Å². The molecule has 1 aromatic heterocycles. The number of fused-ring (bicyclic) bond motifs is 1. The van der Waals surface area contributed by atoms with Crippen LogP contribution in [0.25, 0.3) is 11.0 Å². The maximum absolute atomic E-state index is 11.3. The zero-order valence-electron chi connectivity index (χ0n) is 8.69. The van der Waals surface area contributed by atoms with Crippen LogP contribution < -0.4 is 15.0 Å². The van der Waals surface area contributed by atoms with Gasteiger partial charge in [0.25, 0.3) is 0 Å². The fourth-order valence-electron chi connectivity index (χ4n) is 1.36. The van der Waals surface area contributed by atoms with Crippen LogP contribution in [-0.2, 0) is 4.57 Å². The first-order chi connectivity index (χ1) is 8.39. The van der Waals surface area contributed by atoms with Crippen molar-refractivity contribution in [3.63, 3.8) is 0 Å². The third-order valence-corrected chi connectivity index (χ3v) is 2.49. The van der Waals surface area contributed by atoms with Gasteiger partial charge in [0, 0.05) is 11.5 Å². The Kier molecular flexibility index (Phi) is 2.93. The molecule has 1 heterocycles. The fourth-order valence-corrected chi connectivity index (χ4v) is 1.74. The van der Waals surface area contributed by atoms with Gasteiger partial charge in [0.15, 0.2) is 0 Å². The zero-order valence-corrected chi connectivity index (χ0v) is 9.59. The number of hydrogen-bond acceptors (Lipinski definition) is 6. The van der Waals surface area contributed by atoms with Gasteiger partial charge in [-0.1, -0.05) is 0 Å². The van der Waals surface area contributed by atoms with Crippen LogP contribution in [0, 0.1) is 11.3 Å². The van der Waals surface area contributed by atoms with Gasteiger partial charge in [0.1, 0.15) is 23.0 Å². The lowest BCUT2D eigenvalue weighted by molar-refractivity contribution is -0.211. The summed E-state index contributed by atoms with van der Waals surface area (Å²) in [5.41, 5.74) is -0.950. The Morgan fingerprint density at radius 2 is 2.17 bits per heavy atom. The summed E-state index contributed by atoms with van der Waals surface area (Å²) in [4.78, 5) is 30.3. The van der Waals surface area contributed by atoms with Gasteiger partial charge in [-0.15, -0.1) is 0 Å². The van der Waals surface area contributed by atoms with Gasteiger partial charge in [0.05, 0.1) is 0 Å². The van der Waals surface area contributed by atoms with Gasteiger partial charge in [0.2, 0.25) is 0 Å². The summed E-state index contributed by atoms with van der Waals surface area (Å²) in [7, 11) is -4.91. The van der Waals surface area contributed by atoms with E-state index in [0.717, 1.165) is 6.07 Å². The minimum atomic E-state index is -4.91. The van der Waals surface area contributed by atoms with Crippen LogP contribution in [0.3, 0.4) is 0 Å². The molecule has 0 radical (unpaired) electrons. The fraction of sp³-hybridized carbons (Fsp3) is 0. The Hall–Kier alpha value is -2.13. The third kappa shape index (κ3) is 2.57. The summed E-state index contributed by atoms with van der Waals surface area (Å²) in [6.07, 6.45) is 0. The van der Waals surface area contributed by atoms with E-state index >= 15 is 0 Å². The first-order valence-corrected chi connectivity index (χ1v) is 6.10. The molecule has 1 unspecified atom stereocenters. The molecule has 92 valence electrons. The molecular weight excluding hydrogens is 261 g/mol. The molecule has 0 spiro atoms. The molecule has 7 nitrogen and oxygen atoms in total. The van der Waals surface area contributed by atoms with Crippen molar-refractivity contribution < 1.29 is 23.3 Å². The summed E-state index contributed by atoms with van der Waals surface area (Å²) in [5, 5.41) is 9.07. The molecule has 0 aliphatic rings. The number of phosphoric acid groups is 1. The standard InChI is InChI=1S/C10H6NO6P/c11-5-7-3-6-1-2-8(17-18(13,14)15)4-9(6)16-10(7)12/h1-4H,(H2,13,14,15)/p-1. The molecule has 1 atom stereocenters. The van der Waals surface area contributed by atoms with Crippen LogP contribution in [0.15, 0.2) is 33.5 Å². The van der Waals surface area contributed by atoms with E-state index in [1.807, 2.05) is 0 Å². The molecule has 8 heteroatoms. The Bertz CT molecular complexity index is 753. The molecule has 18 heavy (non-hydrogen) atoms. The first kappa shape index (κ1) is 12.3. The molecule has 0 aliphatic carbocycles. The summed E-state index contributed by atoms with van der Waals surface area (Å²) in [6.45, 7) is 0. The van der Waals surface area contributed by atoms with Crippen molar-refractivity contribution in [1.82, 2.24) is 0 Å². The molecular formula is C10H5NO6P-. The van der Waals surface area contributed by atoms with E-state index in [1.54, 1.807) is 6.07 Å². The Balaban J connectivity index is 2.57. The number of hydrogen-bond donors (Lipinski definition) is 1. The summed E-state index contributed by atoms with van der Waals surface area (Å²) in [5.74, 6) is -0.198. The number of nitriles is 1. The third-order valence-electron chi connectivity index (χ3n) is 2.05. The molecule has 0 aliphatic heterocycles. The van der Waals surface area contributed by atoms with E-state index in [9.17, 15) is 14.3 Å². The predicted octanol–water partition coefficient (Wildman–Crippen LogP) is 0.504. The van der Waals surface area contributed by atoms with Crippen LogP contribution >= 0.6 is 7.82 Å². The second-order valence-corrected chi connectivity index (χ2v) is 4.44. The van der Waals surface area contributed by atoms with E-state index in [4.69, 9.17) is 14.6 Å². The van der Waals surface area contributed by atoms with Gasteiger partial charge in [-0.05, 0) is 18.2 Å². The Morgan fingerprint density at radius 1 is 1.44 bits per heavy atom. The summed E-state index contributed by atoms with van der Waals surface area (Å²) in [6, 6.07) is 6.75. The maximum atomic E-state index is 11.3. The van der Waals surface area contributed by atoms with Crippen LogP contribution in [-0.4, -0.2) is 4.89 Å². The van der Waals surface area contributed by atoms with Crippen molar-refractivity contribution in [3.8, 4) is 11.8 Å². The van der Waals surface area contributed by atoms with E-state index in [0.29, 0.717) is 5.39 Å². The average molecular weight is 266 g/mol. The van der Waals surface area contributed by atoms with Gasteiger partial charge >= 0.3 is 13.4 Å². The number of benzene rings is 1. The van der Waals surface area contributed by atoms with Crippen LogP contribution in [0.2, 0.25) is 0 Å². The van der Waals surface area contributed by atoms with Crippen LogP contribution in [0.1, 0.15) is 5.56 Å². The van der Waals surface area contributed by atoms with Gasteiger partial charge in [-0.2, -0.15) is 5.26 Å². The van der Waals surface area contributed by atoms with Gasteiger partial charge in [-0.25, -0.2) is 4.79 Å². The lowest BCUT2D eigenvalue weighted by Crippen LogP contribution is -2.06. The first-order valence-electron chi connectivity index (χ1n) is 4.60. The second kappa shape index (κ2) is 4.27. The molecule has 1 aromatic carbocycles. The van der Waals surface area contributed by atoms with Crippen molar-refractivity contribution in [2.24, 2.45) is 0 Å². The lowest BCUT2D eigenvalue weighted by atomic mass is 10.2. The van der Waals surface area contributed by atoms with Gasteiger partial charge < -0.3 is 18.7 Å². The van der Waals surface area contributed by atoms with E-state index in [1.165, 1.54) is 18.2 Å². The minimum absolute atomic E-state index is 0.0463. The van der Waals surface area contributed by atoms with Crippen molar-refractivity contribution in [1.29, 1.82) is 5.26 Å². The number of nitrogens with zero attached hydrogens (tertiary/aromatic N) is 1. The van der Waals surface area contributed by atoms with Crippen molar-refractivity contribution in [2.45, 2.75) is 0 Å². The minimum Gasteiger partial charge on any atom is -0.746 e. The highest BCUT2D eigenvalue weighted by molar-refractivity contribution is 7.45. The lowest BCUT2D eigenvalue weighted by Gasteiger charge is -2.16. The quantitative estimate of drug-likeness (QED) is 0.620. The monoisotopic (exact) mass is 266 g/mol. The summed E-state index contributed by atoms with van der Waals surface area (Å²) >= 11 is 0. The number of rotatable bonds is 2. The maximum Gasteiger partial charge on any atom is 0.354 e. The number of phosphoric ester groups is 1. The van der Waals surface area contributed by atoms with Crippen molar-refractivity contribution in [2.75, 3.05) is 0 Å². The Morgan fingerprint density at radius 3 is 2.78 bits per heavy atom. The van der Waals surface area contributed by atoms with Crippen LogP contribution in [0.4, 0.5) is 0 Å². The largest absolute Gasteiger partial charge is 0.746 e. The van der Waals surface area contributed by atoms with E-state index < -0.39 is 13.4 Å². The predicted molar refractivity (Wildman–Crippen MR) is 57.7 cm³/mol. The van der Waals surface area contributed by atoms with E-state index in [2.05, 4.69) is 4.52 Å². The highest BCUT2D eigenvalue weighted by Crippen LogP contribution is 2.34. The molecule has 0 saturated carbocycles. The average Bonchev–Trinajstić information content (AvgIpc) is 2.25. The zero-order chi connectivity index (χ0) is 13.3. The van der Waals surface area contributed by atoms with Crippen molar-refractivity contribution >= 4 is 18.8 Å². The summed E-state index contributed by atoms with van der Waals surface area (Å²) < 4.78 is 19.6. The molecule has 0 saturated heterocycles. The smallest absolute Gasteiger partial charge is 0.354 e. The van der Waals surface area contributed by atoms with Gasteiger partial charge in [-0.3, -0.25) is 4.57 Å². The van der Waals surface area contributed by atoms with Crippen LogP contribution in [0.5, 0.6) is 5.75 Å². The van der Waals surface area contributed by atoms with Crippen molar-refractivity contribution in [3.05, 3.63) is 40.2 Å². The highest BCUT2D eigenvalue weighted by Gasteiger charge is 2.08. The van der Waals surface area contributed by atoms with E-state index in [-0.39, 0.29) is 16.9 Å². The molecule has 1 N–H and O–H groups in total. The molecule has 0 fully saturated rings. The normalized spacial score (nSPS) is 13.8. The molecule has 2 rings (SSSR count). The SMILES string of the molecule is N#Cc1cc2ccc(OP(=O)([O-])O)cc2oc1=O.